The largest absolute Gasteiger partial charge is 0.459 e. The summed E-state index contributed by atoms with van der Waals surface area (Å²) in [6.07, 6.45) is 1.63. The van der Waals surface area contributed by atoms with Gasteiger partial charge in [0.1, 0.15) is 18.0 Å². The molecule has 0 amide bonds. The summed E-state index contributed by atoms with van der Waals surface area (Å²) >= 11 is 0. The molecule has 1 aromatic rings. The van der Waals surface area contributed by atoms with Crippen LogP contribution in [0.4, 0.5) is 5.82 Å². The molecule has 0 saturated heterocycles. The maximum atomic E-state index is 11.4. The van der Waals surface area contributed by atoms with E-state index >= 15 is 0 Å². The highest BCUT2D eigenvalue weighted by Gasteiger charge is 2.15. The summed E-state index contributed by atoms with van der Waals surface area (Å²) in [5.74, 6) is 0.274. The van der Waals surface area contributed by atoms with E-state index in [-0.39, 0.29) is 36.5 Å². The molecule has 1 heterocycles. The number of carbonyl (C=O) groups excluding carboxylic acids is 1. The average molecular weight is 378 g/mol. The zero-order valence-electron chi connectivity index (χ0n) is 11.2. The van der Waals surface area contributed by atoms with Gasteiger partial charge in [-0.2, -0.15) is 0 Å². The first kappa shape index (κ1) is 17.6. The van der Waals surface area contributed by atoms with Gasteiger partial charge in [0, 0.05) is 6.20 Å². The first-order valence-corrected chi connectivity index (χ1v) is 5.56. The number of hydrogen-bond donors (Lipinski definition) is 2. The van der Waals surface area contributed by atoms with E-state index in [0.29, 0.717) is 5.82 Å². The van der Waals surface area contributed by atoms with Crippen molar-refractivity contribution >= 4 is 41.7 Å². The van der Waals surface area contributed by atoms with Gasteiger partial charge in [0.05, 0.1) is 0 Å². The van der Waals surface area contributed by atoms with Crippen molar-refractivity contribution in [3.8, 4) is 0 Å². The van der Waals surface area contributed by atoms with E-state index in [2.05, 4.69) is 15.3 Å². The van der Waals surface area contributed by atoms with E-state index in [9.17, 15) is 4.79 Å². The van der Waals surface area contributed by atoms with Crippen LogP contribution in [-0.2, 0) is 9.53 Å². The Morgan fingerprint density at radius 3 is 2.68 bits per heavy atom. The first-order chi connectivity index (χ1) is 8.37. The Hall–Kier alpha value is -1.38. The van der Waals surface area contributed by atoms with E-state index in [0.717, 1.165) is 0 Å². The number of esters is 1. The molecule has 3 N–H and O–H groups in total. The number of anilines is 1. The normalized spacial score (nSPS) is 11.4. The molecular formula is C12H19IN4O2. The van der Waals surface area contributed by atoms with Crippen LogP contribution in [0.25, 0.3) is 0 Å². The number of halogens is 1. The van der Waals surface area contributed by atoms with Crippen molar-refractivity contribution < 1.29 is 9.53 Å². The van der Waals surface area contributed by atoms with Crippen molar-refractivity contribution in [2.24, 2.45) is 10.7 Å². The molecule has 1 aromatic heterocycles. The molecule has 0 aliphatic heterocycles. The summed E-state index contributed by atoms with van der Waals surface area (Å²) in [5.41, 5.74) is 5.09. The molecule has 0 unspecified atom stereocenters. The van der Waals surface area contributed by atoms with Gasteiger partial charge in [0.15, 0.2) is 5.96 Å². The molecule has 0 aliphatic carbocycles. The Balaban J connectivity index is 0.00000324. The fourth-order valence-corrected chi connectivity index (χ4v) is 1.13. The molecule has 0 radical (unpaired) electrons. The SMILES string of the molecule is CC(C)(C)OC(=O)CN=C(N)Nc1ccccn1.I. The Labute approximate surface area is 129 Å². The van der Waals surface area contributed by atoms with Gasteiger partial charge in [-0.15, -0.1) is 24.0 Å². The molecule has 19 heavy (non-hydrogen) atoms. The van der Waals surface area contributed by atoms with Gasteiger partial charge in [0.25, 0.3) is 0 Å². The van der Waals surface area contributed by atoms with Gasteiger partial charge in [0.2, 0.25) is 0 Å². The van der Waals surface area contributed by atoms with Crippen molar-refractivity contribution in [1.29, 1.82) is 0 Å². The summed E-state index contributed by atoms with van der Waals surface area (Å²) < 4.78 is 5.09. The van der Waals surface area contributed by atoms with Crippen LogP contribution in [0, 0.1) is 0 Å². The first-order valence-electron chi connectivity index (χ1n) is 5.56. The topological polar surface area (TPSA) is 89.6 Å². The molecule has 1 rings (SSSR count). The average Bonchev–Trinajstić information content (AvgIpc) is 2.25. The number of ether oxygens (including phenoxy) is 1. The van der Waals surface area contributed by atoms with Gasteiger partial charge in [-0.25, -0.2) is 9.98 Å². The summed E-state index contributed by atoms with van der Waals surface area (Å²) in [7, 11) is 0. The molecule has 106 valence electrons. The molecule has 0 aromatic carbocycles. The number of nitrogens with two attached hydrogens (primary N) is 1. The van der Waals surface area contributed by atoms with Crippen LogP contribution in [0.5, 0.6) is 0 Å². The molecule has 0 atom stereocenters. The van der Waals surface area contributed by atoms with Crippen LogP contribution in [-0.4, -0.2) is 29.1 Å². The van der Waals surface area contributed by atoms with Crippen molar-refractivity contribution in [1.82, 2.24) is 4.98 Å². The summed E-state index contributed by atoms with van der Waals surface area (Å²) in [4.78, 5) is 19.3. The smallest absolute Gasteiger partial charge is 0.328 e. The van der Waals surface area contributed by atoms with Gasteiger partial charge >= 0.3 is 5.97 Å². The second kappa shape index (κ2) is 7.93. The highest BCUT2D eigenvalue weighted by atomic mass is 127. The van der Waals surface area contributed by atoms with Crippen molar-refractivity contribution in [2.45, 2.75) is 26.4 Å². The van der Waals surface area contributed by atoms with Crippen LogP contribution in [0.3, 0.4) is 0 Å². The second-order valence-electron chi connectivity index (χ2n) is 4.63. The highest BCUT2D eigenvalue weighted by molar-refractivity contribution is 14.0. The third-order valence-electron chi connectivity index (χ3n) is 1.72. The van der Waals surface area contributed by atoms with Crippen molar-refractivity contribution in [2.75, 3.05) is 11.9 Å². The molecule has 0 aliphatic rings. The lowest BCUT2D eigenvalue weighted by Gasteiger charge is -2.18. The van der Waals surface area contributed by atoms with Crippen molar-refractivity contribution in [3.63, 3.8) is 0 Å². The lowest BCUT2D eigenvalue weighted by molar-refractivity contribution is -0.152. The van der Waals surface area contributed by atoms with Crippen molar-refractivity contribution in [3.05, 3.63) is 24.4 Å². The minimum Gasteiger partial charge on any atom is -0.459 e. The monoisotopic (exact) mass is 378 g/mol. The second-order valence-corrected chi connectivity index (χ2v) is 4.63. The minimum absolute atomic E-state index is 0. The summed E-state index contributed by atoms with van der Waals surface area (Å²) in [6.45, 7) is 5.27. The molecule has 7 heteroatoms. The van der Waals surface area contributed by atoms with Gasteiger partial charge in [-0.3, -0.25) is 4.79 Å². The Bertz CT molecular complexity index is 429. The fourth-order valence-electron chi connectivity index (χ4n) is 1.13. The van der Waals surface area contributed by atoms with E-state index in [1.54, 1.807) is 39.1 Å². The quantitative estimate of drug-likeness (QED) is 0.362. The number of nitrogens with one attached hydrogen (secondary N) is 1. The zero-order chi connectivity index (χ0) is 13.6. The number of carbonyl (C=O) groups is 1. The lowest BCUT2D eigenvalue weighted by atomic mass is 10.2. The molecular weight excluding hydrogens is 359 g/mol. The Morgan fingerprint density at radius 1 is 1.47 bits per heavy atom. The highest BCUT2D eigenvalue weighted by Crippen LogP contribution is 2.06. The van der Waals surface area contributed by atoms with E-state index in [4.69, 9.17) is 10.5 Å². The van der Waals surface area contributed by atoms with E-state index in [1.807, 2.05) is 6.07 Å². The zero-order valence-corrected chi connectivity index (χ0v) is 13.5. The van der Waals surface area contributed by atoms with Crippen LogP contribution >= 0.6 is 24.0 Å². The summed E-state index contributed by atoms with van der Waals surface area (Å²) in [5, 5.41) is 2.77. The molecule has 0 spiro atoms. The number of hydrogen-bond acceptors (Lipinski definition) is 4. The molecule has 6 nitrogen and oxygen atoms in total. The number of nitrogens with zero attached hydrogens (tertiary/aromatic N) is 2. The van der Waals surface area contributed by atoms with Gasteiger partial charge < -0.3 is 15.8 Å². The maximum absolute atomic E-state index is 11.4. The fraction of sp³-hybridized carbons (Fsp3) is 0.417. The molecule has 0 saturated carbocycles. The van der Waals surface area contributed by atoms with E-state index in [1.165, 1.54) is 0 Å². The van der Waals surface area contributed by atoms with E-state index < -0.39 is 11.6 Å². The predicted molar refractivity (Wildman–Crippen MR) is 85.6 cm³/mol. The van der Waals surface area contributed by atoms with Gasteiger partial charge in [-0.1, -0.05) is 6.07 Å². The molecule has 0 bridgehead atoms. The third kappa shape index (κ3) is 8.36. The maximum Gasteiger partial charge on any atom is 0.328 e. The third-order valence-corrected chi connectivity index (χ3v) is 1.72. The van der Waals surface area contributed by atoms with Crippen LogP contribution in [0.15, 0.2) is 29.4 Å². The number of aromatic nitrogens is 1. The minimum atomic E-state index is -0.518. The number of rotatable bonds is 3. The standard InChI is InChI=1S/C12H18N4O2.HI/c1-12(2,3)18-10(17)8-15-11(13)16-9-6-4-5-7-14-9;/h4-7H,8H2,1-3H3,(H3,13,14,15,16);1H. The number of guanidine groups is 1. The van der Waals surface area contributed by atoms with Crippen LogP contribution < -0.4 is 11.1 Å². The predicted octanol–water partition coefficient (Wildman–Crippen LogP) is 1.77. The summed E-state index contributed by atoms with van der Waals surface area (Å²) in [6, 6.07) is 5.35. The van der Waals surface area contributed by atoms with Crippen LogP contribution in [0.1, 0.15) is 20.8 Å². The lowest BCUT2D eigenvalue weighted by Crippen LogP contribution is -2.28. The van der Waals surface area contributed by atoms with Gasteiger partial charge in [-0.05, 0) is 32.9 Å². The Kier molecular flexibility index (Phi) is 7.35. The Morgan fingerprint density at radius 2 is 2.16 bits per heavy atom. The number of pyridine rings is 1. The number of aliphatic imine (C=N–C) groups is 1. The molecule has 0 fully saturated rings. The van der Waals surface area contributed by atoms with Crippen LogP contribution in [0.2, 0.25) is 0 Å².